The highest BCUT2D eigenvalue weighted by molar-refractivity contribution is 7.18. The molecule has 56 valence electrons. The monoisotopic (exact) mass is 163 g/mol. The zero-order valence-electron chi connectivity index (χ0n) is 6.29. The number of fused-ring (bicyclic) bond motifs is 1. The van der Waals surface area contributed by atoms with E-state index in [0.29, 0.717) is 0 Å². The van der Waals surface area contributed by atoms with Crippen molar-refractivity contribution in [2.24, 2.45) is 0 Å². The third-order valence-corrected chi connectivity index (χ3v) is 2.99. The molecule has 0 spiro atoms. The molecule has 2 rings (SSSR count). The van der Waals surface area contributed by atoms with Crippen molar-refractivity contribution in [3.05, 3.63) is 29.1 Å². The molecule has 0 atom stereocenters. The summed E-state index contributed by atoms with van der Waals surface area (Å²) in [6.45, 7) is 2.11. The number of nitrogen functional groups attached to an aromatic ring is 1. The molecule has 0 radical (unpaired) electrons. The van der Waals surface area contributed by atoms with Crippen LogP contribution in [-0.4, -0.2) is 0 Å². The van der Waals surface area contributed by atoms with E-state index in [4.69, 9.17) is 5.73 Å². The Labute approximate surface area is 69.5 Å². The Morgan fingerprint density at radius 2 is 2.18 bits per heavy atom. The van der Waals surface area contributed by atoms with Crippen LogP contribution in [0, 0.1) is 6.92 Å². The van der Waals surface area contributed by atoms with E-state index in [1.165, 1.54) is 15.6 Å². The highest BCUT2D eigenvalue weighted by atomic mass is 32.1. The molecule has 0 saturated heterocycles. The maximum absolute atomic E-state index is 5.78. The predicted octanol–water partition coefficient (Wildman–Crippen LogP) is 2.79. The van der Waals surface area contributed by atoms with Crippen LogP contribution < -0.4 is 5.73 Å². The van der Waals surface area contributed by atoms with E-state index >= 15 is 0 Å². The SMILES string of the molecule is Cc1csc2c(N)cccc12. The van der Waals surface area contributed by atoms with Gasteiger partial charge in [-0.05, 0) is 29.3 Å². The van der Waals surface area contributed by atoms with Crippen LogP contribution in [0.15, 0.2) is 23.6 Å². The van der Waals surface area contributed by atoms with Crippen molar-refractivity contribution >= 4 is 27.1 Å². The molecule has 0 fully saturated rings. The first-order chi connectivity index (χ1) is 5.29. The van der Waals surface area contributed by atoms with Crippen molar-refractivity contribution < 1.29 is 0 Å². The average Bonchev–Trinajstić information content (AvgIpc) is 2.35. The second kappa shape index (κ2) is 2.24. The van der Waals surface area contributed by atoms with Gasteiger partial charge in [-0.3, -0.25) is 0 Å². The minimum absolute atomic E-state index is 0.889. The molecule has 0 amide bonds. The minimum Gasteiger partial charge on any atom is -0.398 e. The third-order valence-electron chi connectivity index (χ3n) is 1.82. The number of hydrogen-bond donors (Lipinski definition) is 1. The van der Waals surface area contributed by atoms with Gasteiger partial charge in [-0.1, -0.05) is 12.1 Å². The average molecular weight is 163 g/mol. The molecular formula is C9H9NS. The van der Waals surface area contributed by atoms with Crippen LogP contribution in [0.2, 0.25) is 0 Å². The second-order valence-electron chi connectivity index (χ2n) is 2.64. The van der Waals surface area contributed by atoms with Crippen molar-refractivity contribution in [3.63, 3.8) is 0 Å². The Morgan fingerprint density at radius 1 is 1.36 bits per heavy atom. The molecule has 2 heteroatoms. The maximum Gasteiger partial charge on any atom is 0.0574 e. The van der Waals surface area contributed by atoms with Crippen LogP contribution >= 0.6 is 11.3 Å². The Balaban J connectivity index is 2.94. The van der Waals surface area contributed by atoms with Crippen LogP contribution in [0.1, 0.15) is 5.56 Å². The van der Waals surface area contributed by atoms with Crippen molar-refractivity contribution in [2.75, 3.05) is 5.73 Å². The van der Waals surface area contributed by atoms with Gasteiger partial charge in [0.2, 0.25) is 0 Å². The first kappa shape index (κ1) is 6.68. The molecule has 0 aliphatic rings. The second-order valence-corrected chi connectivity index (χ2v) is 3.52. The van der Waals surface area contributed by atoms with Crippen molar-refractivity contribution in [1.29, 1.82) is 0 Å². The lowest BCUT2D eigenvalue weighted by molar-refractivity contribution is 1.60. The zero-order chi connectivity index (χ0) is 7.84. The van der Waals surface area contributed by atoms with Crippen LogP contribution in [0.5, 0.6) is 0 Å². The Hall–Kier alpha value is -1.02. The van der Waals surface area contributed by atoms with Crippen molar-refractivity contribution in [2.45, 2.75) is 6.92 Å². The van der Waals surface area contributed by atoms with Crippen LogP contribution in [0.25, 0.3) is 10.1 Å². The van der Waals surface area contributed by atoms with E-state index in [-0.39, 0.29) is 0 Å². The normalized spacial score (nSPS) is 10.6. The summed E-state index contributed by atoms with van der Waals surface area (Å²) in [5, 5.41) is 3.43. The highest BCUT2D eigenvalue weighted by Crippen LogP contribution is 2.29. The van der Waals surface area contributed by atoms with Gasteiger partial charge >= 0.3 is 0 Å². The van der Waals surface area contributed by atoms with Crippen molar-refractivity contribution in [1.82, 2.24) is 0 Å². The lowest BCUT2D eigenvalue weighted by atomic mass is 10.2. The summed E-state index contributed by atoms with van der Waals surface area (Å²) < 4.78 is 1.21. The Kier molecular flexibility index (Phi) is 1.36. The lowest BCUT2D eigenvalue weighted by Crippen LogP contribution is -1.82. The third kappa shape index (κ3) is 0.906. The van der Waals surface area contributed by atoms with E-state index < -0.39 is 0 Å². The zero-order valence-corrected chi connectivity index (χ0v) is 7.11. The molecule has 0 saturated carbocycles. The summed E-state index contributed by atoms with van der Waals surface area (Å²) in [7, 11) is 0. The minimum atomic E-state index is 0.889. The number of thiophene rings is 1. The maximum atomic E-state index is 5.78. The number of nitrogens with two attached hydrogens (primary N) is 1. The van der Waals surface area contributed by atoms with E-state index in [1.54, 1.807) is 11.3 Å². The molecule has 2 N–H and O–H groups in total. The molecule has 2 aromatic rings. The molecule has 1 aromatic carbocycles. The van der Waals surface area contributed by atoms with Crippen molar-refractivity contribution in [3.8, 4) is 0 Å². The van der Waals surface area contributed by atoms with Crippen LogP contribution in [0.4, 0.5) is 5.69 Å². The summed E-state index contributed by atoms with van der Waals surface area (Å²) >= 11 is 1.72. The molecule has 0 bridgehead atoms. The van der Waals surface area contributed by atoms with Gasteiger partial charge in [0.15, 0.2) is 0 Å². The van der Waals surface area contributed by atoms with E-state index in [1.807, 2.05) is 12.1 Å². The van der Waals surface area contributed by atoms with Gasteiger partial charge in [-0.25, -0.2) is 0 Å². The van der Waals surface area contributed by atoms with Crippen LogP contribution in [0.3, 0.4) is 0 Å². The summed E-state index contributed by atoms with van der Waals surface area (Å²) in [5.74, 6) is 0. The summed E-state index contributed by atoms with van der Waals surface area (Å²) in [5.41, 5.74) is 7.99. The van der Waals surface area contributed by atoms with E-state index in [9.17, 15) is 0 Å². The van der Waals surface area contributed by atoms with E-state index in [2.05, 4.69) is 18.4 Å². The number of hydrogen-bond acceptors (Lipinski definition) is 2. The largest absolute Gasteiger partial charge is 0.398 e. The Bertz CT molecular complexity index is 389. The van der Waals surface area contributed by atoms with Gasteiger partial charge < -0.3 is 5.73 Å². The first-order valence-corrected chi connectivity index (χ1v) is 4.39. The smallest absolute Gasteiger partial charge is 0.0574 e. The summed E-state index contributed by atoms with van der Waals surface area (Å²) in [4.78, 5) is 0. The number of anilines is 1. The molecule has 0 unspecified atom stereocenters. The Morgan fingerprint density at radius 3 is 2.91 bits per heavy atom. The van der Waals surface area contributed by atoms with Gasteiger partial charge in [-0.15, -0.1) is 11.3 Å². The molecule has 11 heavy (non-hydrogen) atoms. The molecule has 0 aliphatic heterocycles. The van der Waals surface area contributed by atoms with Gasteiger partial charge in [-0.2, -0.15) is 0 Å². The van der Waals surface area contributed by atoms with E-state index in [0.717, 1.165) is 5.69 Å². The standard InChI is InChI=1S/C9H9NS/c1-6-5-11-9-7(6)3-2-4-8(9)10/h2-5H,10H2,1H3. The van der Waals surface area contributed by atoms with Crippen LogP contribution in [-0.2, 0) is 0 Å². The van der Waals surface area contributed by atoms with Gasteiger partial charge in [0.05, 0.1) is 4.70 Å². The summed E-state index contributed by atoms with van der Waals surface area (Å²) in [6.07, 6.45) is 0. The fourth-order valence-electron chi connectivity index (χ4n) is 1.21. The number of rotatable bonds is 0. The highest BCUT2D eigenvalue weighted by Gasteiger charge is 2.00. The van der Waals surface area contributed by atoms with Gasteiger partial charge in [0.1, 0.15) is 0 Å². The van der Waals surface area contributed by atoms with Gasteiger partial charge in [0.25, 0.3) is 0 Å². The summed E-state index contributed by atoms with van der Waals surface area (Å²) in [6, 6.07) is 6.05. The fourth-order valence-corrected chi connectivity index (χ4v) is 2.19. The predicted molar refractivity (Wildman–Crippen MR) is 51.0 cm³/mol. The molecule has 0 aliphatic carbocycles. The molecule has 1 nitrogen and oxygen atoms in total. The molecular weight excluding hydrogens is 154 g/mol. The fraction of sp³-hybridized carbons (Fsp3) is 0.111. The number of aryl methyl sites for hydroxylation is 1. The quantitative estimate of drug-likeness (QED) is 0.594. The first-order valence-electron chi connectivity index (χ1n) is 3.51. The van der Waals surface area contributed by atoms with Gasteiger partial charge in [0, 0.05) is 5.69 Å². The molecule has 1 heterocycles. The number of benzene rings is 1. The lowest BCUT2D eigenvalue weighted by Gasteiger charge is -1.94. The molecule has 1 aromatic heterocycles. The topological polar surface area (TPSA) is 26.0 Å².